The highest BCUT2D eigenvalue weighted by atomic mass is 35.5. The van der Waals surface area contributed by atoms with Crippen LogP contribution in [0.4, 0.5) is 0 Å². The molecule has 0 amide bonds. The first-order valence-corrected chi connectivity index (χ1v) is 6.54. The third-order valence-corrected chi connectivity index (χ3v) is 4.23. The minimum absolute atomic E-state index is 0.0444. The van der Waals surface area contributed by atoms with Gasteiger partial charge in [-0.1, -0.05) is 17.7 Å². The van der Waals surface area contributed by atoms with Crippen molar-refractivity contribution in [3.05, 3.63) is 33.7 Å². The lowest BCUT2D eigenvalue weighted by Crippen LogP contribution is -1.99. The topological polar surface area (TPSA) is 38.7 Å². The van der Waals surface area contributed by atoms with Crippen molar-refractivity contribution < 1.29 is 14.6 Å². The molecule has 3 rings (SSSR count). The summed E-state index contributed by atoms with van der Waals surface area (Å²) in [5, 5.41) is 10.9. The lowest BCUT2D eigenvalue weighted by atomic mass is 10.1. The molecular formula is C12H11ClO3S. The Hall–Kier alpha value is -0.650. The number of benzene rings is 1. The lowest BCUT2D eigenvalue weighted by Gasteiger charge is -2.12. The zero-order chi connectivity index (χ0) is 11.8. The summed E-state index contributed by atoms with van der Waals surface area (Å²) in [6, 6.07) is 5.76. The standard InChI is InChI=1S/C12H11ClO3S/c13-9-2-1-7-5-8(6-14)17-11(7)10(9)12-15-3-4-16-12/h1-2,5,12,14H,3-4,6H2. The van der Waals surface area contributed by atoms with E-state index in [1.165, 1.54) is 11.3 Å². The van der Waals surface area contributed by atoms with Crippen LogP contribution < -0.4 is 0 Å². The second-order valence-electron chi connectivity index (χ2n) is 3.82. The fourth-order valence-electron chi connectivity index (χ4n) is 1.98. The first-order valence-electron chi connectivity index (χ1n) is 5.34. The van der Waals surface area contributed by atoms with Crippen molar-refractivity contribution >= 4 is 33.0 Å². The minimum atomic E-state index is -0.378. The molecule has 2 heterocycles. The lowest BCUT2D eigenvalue weighted by molar-refractivity contribution is -0.0428. The molecule has 1 aromatic heterocycles. The van der Waals surface area contributed by atoms with E-state index in [0.717, 1.165) is 20.5 Å². The van der Waals surface area contributed by atoms with Crippen LogP contribution in [0, 0.1) is 0 Å². The molecule has 1 N–H and O–H groups in total. The Morgan fingerprint density at radius 1 is 1.35 bits per heavy atom. The fraction of sp³-hybridized carbons (Fsp3) is 0.333. The third-order valence-electron chi connectivity index (χ3n) is 2.74. The summed E-state index contributed by atoms with van der Waals surface area (Å²) in [4.78, 5) is 0.918. The van der Waals surface area contributed by atoms with Crippen molar-refractivity contribution in [3.8, 4) is 0 Å². The molecule has 1 aliphatic rings. The van der Waals surface area contributed by atoms with Gasteiger partial charge in [0, 0.05) is 15.1 Å². The van der Waals surface area contributed by atoms with Gasteiger partial charge in [0.05, 0.1) is 24.8 Å². The Morgan fingerprint density at radius 3 is 2.82 bits per heavy atom. The van der Waals surface area contributed by atoms with E-state index in [1.807, 2.05) is 18.2 Å². The van der Waals surface area contributed by atoms with E-state index >= 15 is 0 Å². The van der Waals surface area contributed by atoms with Gasteiger partial charge in [-0.25, -0.2) is 0 Å². The molecule has 0 unspecified atom stereocenters. The number of halogens is 1. The summed E-state index contributed by atoms with van der Waals surface area (Å²) >= 11 is 7.75. The van der Waals surface area contributed by atoms with Crippen molar-refractivity contribution in [1.82, 2.24) is 0 Å². The molecule has 5 heteroatoms. The van der Waals surface area contributed by atoms with Gasteiger partial charge < -0.3 is 14.6 Å². The zero-order valence-electron chi connectivity index (χ0n) is 8.98. The van der Waals surface area contributed by atoms with Gasteiger partial charge in [-0.15, -0.1) is 11.3 Å². The van der Waals surface area contributed by atoms with Gasteiger partial charge in [0.2, 0.25) is 0 Å². The molecular weight excluding hydrogens is 260 g/mol. The Kier molecular flexibility index (Phi) is 3.06. The van der Waals surface area contributed by atoms with Gasteiger partial charge in [-0.2, -0.15) is 0 Å². The number of hydrogen-bond acceptors (Lipinski definition) is 4. The Morgan fingerprint density at radius 2 is 2.12 bits per heavy atom. The Bertz CT molecular complexity index is 546. The van der Waals surface area contributed by atoms with Gasteiger partial charge in [-0.3, -0.25) is 0 Å². The van der Waals surface area contributed by atoms with Crippen molar-refractivity contribution in [1.29, 1.82) is 0 Å². The van der Waals surface area contributed by atoms with Gasteiger partial charge in [0.15, 0.2) is 6.29 Å². The van der Waals surface area contributed by atoms with Crippen molar-refractivity contribution in [2.24, 2.45) is 0 Å². The average molecular weight is 271 g/mol. The summed E-state index contributed by atoms with van der Waals surface area (Å²) in [5.74, 6) is 0. The quantitative estimate of drug-likeness (QED) is 0.911. The van der Waals surface area contributed by atoms with Crippen molar-refractivity contribution in [3.63, 3.8) is 0 Å². The number of ether oxygens (including phenoxy) is 2. The molecule has 0 aliphatic carbocycles. The fourth-order valence-corrected chi connectivity index (χ4v) is 3.35. The van der Waals surface area contributed by atoms with Crippen LogP contribution in [0.25, 0.3) is 10.1 Å². The first-order chi connectivity index (χ1) is 8.29. The van der Waals surface area contributed by atoms with Crippen LogP contribution in [0.15, 0.2) is 18.2 Å². The normalized spacial score (nSPS) is 17.1. The Labute approximate surface area is 108 Å². The van der Waals surface area contributed by atoms with Crippen LogP contribution in [0.1, 0.15) is 16.7 Å². The predicted molar refractivity (Wildman–Crippen MR) is 67.4 cm³/mol. The molecule has 1 aliphatic heterocycles. The predicted octanol–water partition coefficient (Wildman–Crippen LogP) is 3.09. The maximum Gasteiger partial charge on any atom is 0.186 e. The average Bonchev–Trinajstić information content (AvgIpc) is 2.96. The van der Waals surface area contributed by atoms with E-state index in [4.69, 9.17) is 21.1 Å². The molecule has 0 spiro atoms. The summed E-state index contributed by atoms with van der Waals surface area (Å²) in [5.41, 5.74) is 0.881. The van der Waals surface area contributed by atoms with E-state index in [-0.39, 0.29) is 12.9 Å². The second kappa shape index (κ2) is 4.55. The van der Waals surface area contributed by atoms with Gasteiger partial charge in [0.25, 0.3) is 0 Å². The van der Waals surface area contributed by atoms with Crippen molar-refractivity contribution in [2.75, 3.05) is 13.2 Å². The maximum absolute atomic E-state index is 9.18. The summed E-state index contributed by atoms with van der Waals surface area (Å²) in [6.45, 7) is 1.23. The molecule has 1 fully saturated rings. The number of fused-ring (bicyclic) bond motifs is 1. The number of aliphatic hydroxyl groups excluding tert-OH is 1. The Balaban J connectivity index is 2.18. The number of rotatable bonds is 2. The van der Waals surface area contributed by atoms with Crippen LogP contribution in [0.3, 0.4) is 0 Å². The van der Waals surface area contributed by atoms with Gasteiger partial charge >= 0.3 is 0 Å². The highest BCUT2D eigenvalue weighted by Gasteiger charge is 2.24. The number of hydrogen-bond donors (Lipinski definition) is 1. The zero-order valence-corrected chi connectivity index (χ0v) is 10.6. The van der Waals surface area contributed by atoms with Crippen LogP contribution >= 0.6 is 22.9 Å². The summed E-state index contributed by atoms with van der Waals surface area (Å²) in [7, 11) is 0. The summed E-state index contributed by atoms with van der Waals surface area (Å²) in [6.07, 6.45) is -0.378. The van der Waals surface area contributed by atoms with E-state index in [0.29, 0.717) is 18.2 Å². The largest absolute Gasteiger partial charge is 0.391 e. The molecule has 90 valence electrons. The molecule has 0 radical (unpaired) electrons. The highest BCUT2D eigenvalue weighted by molar-refractivity contribution is 7.19. The van der Waals surface area contributed by atoms with Crippen LogP contribution in [0.2, 0.25) is 5.02 Å². The monoisotopic (exact) mass is 270 g/mol. The van der Waals surface area contributed by atoms with Crippen LogP contribution in [0.5, 0.6) is 0 Å². The van der Waals surface area contributed by atoms with Gasteiger partial charge in [0.1, 0.15) is 0 Å². The van der Waals surface area contributed by atoms with Crippen LogP contribution in [-0.4, -0.2) is 18.3 Å². The molecule has 3 nitrogen and oxygen atoms in total. The van der Waals surface area contributed by atoms with E-state index < -0.39 is 0 Å². The highest BCUT2D eigenvalue weighted by Crippen LogP contribution is 2.39. The third kappa shape index (κ3) is 1.96. The smallest absolute Gasteiger partial charge is 0.186 e. The number of thiophene rings is 1. The van der Waals surface area contributed by atoms with Crippen LogP contribution in [-0.2, 0) is 16.1 Å². The molecule has 0 bridgehead atoms. The van der Waals surface area contributed by atoms with Gasteiger partial charge in [-0.05, 0) is 17.5 Å². The molecule has 1 saturated heterocycles. The maximum atomic E-state index is 9.18. The van der Waals surface area contributed by atoms with E-state index in [9.17, 15) is 5.11 Å². The molecule has 1 aromatic carbocycles. The first kappa shape index (κ1) is 11.4. The SMILES string of the molecule is OCc1cc2ccc(Cl)c(C3OCCO3)c2s1. The second-order valence-corrected chi connectivity index (χ2v) is 5.37. The molecule has 0 saturated carbocycles. The number of aliphatic hydroxyl groups is 1. The minimum Gasteiger partial charge on any atom is -0.391 e. The molecule has 17 heavy (non-hydrogen) atoms. The molecule has 2 aromatic rings. The van der Waals surface area contributed by atoms with Crippen molar-refractivity contribution in [2.45, 2.75) is 12.9 Å². The molecule has 0 atom stereocenters. The summed E-state index contributed by atoms with van der Waals surface area (Å²) < 4.78 is 12.1. The van der Waals surface area contributed by atoms with E-state index in [2.05, 4.69) is 0 Å². The van der Waals surface area contributed by atoms with E-state index in [1.54, 1.807) is 0 Å².